The molecule has 0 spiro atoms. The number of hydrogen-bond donors (Lipinski definition) is 1. The molecule has 20 heavy (non-hydrogen) atoms. The van der Waals surface area contributed by atoms with Crippen molar-refractivity contribution in [1.29, 1.82) is 0 Å². The highest BCUT2D eigenvalue weighted by atomic mass is 35.5. The predicted octanol–water partition coefficient (Wildman–Crippen LogP) is 2.23. The van der Waals surface area contributed by atoms with Crippen molar-refractivity contribution in [1.82, 2.24) is 20.1 Å². The second-order valence-corrected chi connectivity index (χ2v) is 4.44. The number of nitrogens with two attached hydrogens (primary N) is 1. The Bertz CT molecular complexity index is 716. The van der Waals surface area contributed by atoms with E-state index in [1.807, 2.05) is 18.2 Å². The summed E-state index contributed by atoms with van der Waals surface area (Å²) in [6.45, 7) is 0. The molecule has 3 rings (SSSR count). The molecule has 1 atom stereocenters. The average molecular weight is 288 g/mol. The Kier molecular flexibility index (Phi) is 3.41. The van der Waals surface area contributed by atoms with Gasteiger partial charge >= 0.3 is 0 Å². The Hall–Kier alpha value is -2.31. The van der Waals surface area contributed by atoms with Gasteiger partial charge in [0.25, 0.3) is 0 Å². The summed E-state index contributed by atoms with van der Waals surface area (Å²) in [5.74, 6) is 0.942. The van der Waals surface area contributed by atoms with E-state index in [4.69, 9.17) is 21.9 Å². The zero-order valence-corrected chi connectivity index (χ0v) is 11.0. The molecule has 0 aliphatic carbocycles. The van der Waals surface area contributed by atoms with Crippen LogP contribution in [-0.2, 0) is 0 Å². The van der Waals surface area contributed by atoms with Gasteiger partial charge in [0.15, 0.2) is 0 Å². The minimum atomic E-state index is -0.589. The number of halogens is 1. The first kappa shape index (κ1) is 12.7. The van der Waals surface area contributed by atoms with Gasteiger partial charge in [0.2, 0.25) is 17.5 Å². The van der Waals surface area contributed by atoms with Gasteiger partial charge in [0, 0.05) is 17.4 Å². The molecular weight excluding hydrogens is 278 g/mol. The predicted molar refractivity (Wildman–Crippen MR) is 72.8 cm³/mol. The fourth-order valence-electron chi connectivity index (χ4n) is 1.73. The van der Waals surface area contributed by atoms with Gasteiger partial charge in [-0.05, 0) is 17.7 Å². The van der Waals surface area contributed by atoms with Crippen LogP contribution < -0.4 is 5.73 Å². The number of hydrogen-bond acceptors (Lipinski definition) is 6. The molecule has 100 valence electrons. The maximum atomic E-state index is 6.10. The van der Waals surface area contributed by atoms with Gasteiger partial charge in [-0.25, -0.2) is 9.97 Å². The molecule has 6 nitrogen and oxygen atoms in total. The van der Waals surface area contributed by atoms with E-state index in [1.165, 1.54) is 0 Å². The molecule has 2 N–H and O–H groups in total. The van der Waals surface area contributed by atoms with Gasteiger partial charge in [-0.1, -0.05) is 35.0 Å². The molecule has 0 aliphatic rings. The summed E-state index contributed by atoms with van der Waals surface area (Å²) >= 11 is 6.10. The molecule has 2 heterocycles. The van der Waals surface area contributed by atoms with Crippen molar-refractivity contribution in [3.63, 3.8) is 0 Å². The standard InChI is InChI=1S/C13H10ClN5O/c14-9-5-2-1-4-8(9)10(15)13-18-12(19-20-13)11-16-6-3-7-17-11/h1-7,10H,15H2/t10-/m1/s1. The lowest BCUT2D eigenvalue weighted by Crippen LogP contribution is -2.12. The quantitative estimate of drug-likeness (QED) is 0.794. The van der Waals surface area contributed by atoms with E-state index in [9.17, 15) is 0 Å². The average Bonchev–Trinajstić information content (AvgIpc) is 2.98. The van der Waals surface area contributed by atoms with E-state index in [-0.39, 0.29) is 5.89 Å². The van der Waals surface area contributed by atoms with E-state index in [0.717, 1.165) is 5.56 Å². The normalized spacial score (nSPS) is 12.3. The highest BCUT2D eigenvalue weighted by Gasteiger charge is 2.20. The lowest BCUT2D eigenvalue weighted by molar-refractivity contribution is 0.367. The van der Waals surface area contributed by atoms with Crippen LogP contribution in [0, 0.1) is 0 Å². The second kappa shape index (κ2) is 5.36. The summed E-state index contributed by atoms with van der Waals surface area (Å²) in [5.41, 5.74) is 6.81. The zero-order valence-electron chi connectivity index (χ0n) is 10.3. The highest BCUT2D eigenvalue weighted by Crippen LogP contribution is 2.26. The molecule has 0 saturated carbocycles. The zero-order chi connectivity index (χ0) is 13.9. The molecule has 0 amide bonds. The van der Waals surface area contributed by atoms with E-state index < -0.39 is 6.04 Å². The van der Waals surface area contributed by atoms with Gasteiger partial charge < -0.3 is 10.3 Å². The molecule has 3 aromatic rings. The van der Waals surface area contributed by atoms with Gasteiger partial charge in [0.1, 0.15) is 6.04 Å². The molecular formula is C13H10ClN5O. The fourth-order valence-corrected chi connectivity index (χ4v) is 1.98. The second-order valence-electron chi connectivity index (χ2n) is 4.03. The third-order valence-corrected chi connectivity index (χ3v) is 3.06. The van der Waals surface area contributed by atoms with Gasteiger partial charge in [0.05, 0.1) is 0 Å². The third kappa shape index (κ3) is 2.38. The first-order valence-electron chi connectivity index (χ1n) is 5.86. The minimum absolute atomic E-state index is 0.264. The molecule has 7 heteroatoms. The van der Waals surface area contributed by atoms with Crippen LogP contribution in [0.25, 0.3) is 11.6 Å². The van der Waals surface area contributed by atoms with E-state index in [1.54, 1.807) is 24.5 Å². The van der Waals surface area contributed by atoms with E-state index in [0.29, 0.717) is 16.7 Å². The van der Waals surface area contributed by atoms with Crippen molar-refractivity contribution < 1.29 is 4.52 Å². The van der Waals surface area contributed by atoms with Crippen molar-refractivity contribution in [3.8, 4) is 11.6 Å². The summed E-state index contributed by atoms with van der Waals surface area (Å²) in [6, 6.07) is 8.37. The summed E-state index contributed by atoms with van der Waals surface area (Å²) in [7, 11) is 0. The lowest BCUT2D eigenvalue weighted by atomic mass is 10.1. The molecule has 0 unspecified atom stereocenters. The van der Waals surface area contributed by atoms with Gasteiger partial charge in [-0.3, -0.25) is 0 Å². The minimum Gasteiger partial charge on any atom is -0.337 e. The molecule has 0 bridgehead atoms. The van der Waals surface area contributed by atoms with Crippen molar-refractivity contribution in [2.24, 2.45) is 5.73 Å². The Balaban J connectivity index is 1.93. The third-order valence-electron chi connectivity index (χ3n) is 2.71. The SMILES string of the molecule is N[C@@H](c1nc(-c2ncccn2)no1)c1ccccc1Cl. The summed E-state index contributed by atoms with van der Waals surface area (Å²) in [5, 5.41) is 4.38. The van der Waals surface area contributed by atoms with Crippen molar-refractivity contribution >= 4 is 11.6 Å². The summed E-state index contributed by atoms with van der Waals surface area (Å²) in [4.78, 5) is 12.3. The fraction of sp³-hybridized carbons (Fsp3) is 0.0769. The molecule has 1 aromatic carbocycles. The molecule has 0 saturated heterocycles. The number of aromatic nitrogens is 4. The topological polar surface area (TPSA) is 90.7 Å². The number of benzene rings is 1. The van der Waals surface area contributed by atoms with Crippen LogP contribution in [0.5, 0.6) is 0 Å². The first-order chi connectivity index (χ1) is 9.75. The van der Waals surface area contributed by atoms with Crippen LogP contribution in [0.15, 0.2) is 47.2 Å². The largest absolute Gasteiger partial charge is 0.337 e. The molecule has 0 aliphatic heterocycles. The van der Waals surface area contributed by atoms with E-state index in [2.05, 4.69) is 20.1 Å². The Labute approximate surface area is 119 Å². The van der Waals surface area contributed by atoms with Crippen molar-refractivity contribution in [3.05, 3.63) is 59.2 Å². The van der Waals surface area contributed by atoms with Crippen LogP contribution in [-0.4, -0.2) is 20.1 Å². The van der Waals surface area contributed by atoms with Crippen molar-refractivity contribution in [2.75, 3.05) is 0 Å². The Morgan fingerprint density at radius 2 is 1.80 bits per heavy atom. The van der Waals surface area contributed by atoms with Gasteiger partial charge in [-0.2, -0.15) is 4.98 Å². The highest BCUT2D eigenvalue weighted by molar-refractivity contribution is 6.31. The van der Waals surface area contributed by atoms with Crippen LogP contribution >= 0.6 is 11.6 Å². The summed E-state index contributed by atoms with van der Waals surface area (Å²) < 4.78 is 5.17. The van der Waals surface area contributed by atoms with Crippen molar-refractivity contribution in [2.45, 2.75) is 6.04 Å². The number of nitrogens with zero attached hydrogens (tertiary/aromatic N) is 4. The monoisotopic (exact) mass is 287 g/mol. The van der Waals surface area contributed by atoms with E-state index >= 15 is 0 Å². The number of rotatable bonds is 3. The maximum absolute atomic E-state index is 6.10. The molecule has 0 fully saturated rings. The van der Waals surface area contributed by atoms with Gasteiger partial charge in [-0.15, -0.1) is 0 Å². The lowest BCUT2D eigenvalue weighted by Gasteiger charge is -2.08. The summed E-state index contributed by atoms with van der Waals surface area (Å²) in [6.07, 6.45) is 3.21. The van der Waals surface area contributed by atoms with Crippen LogP contribution in [0.1, 0.15) is 17.5 Å². The maximum Gasteiger partial charge on any atom is 0.248 e. The Morgan fingerprint density at radius 1 is 1.05 bits per heavy atom. The smallest absolute Gasteiger partial charge is 0.248 e. The van der Waals surface area contributed by atoms with Crippen LogP contribution in [0.4, 0.5) is 0 Å². The Morgan fingerprint density at radius 3 is 2.55 bits per heavy atom. The van der Waals surface area contributed by atoms with Crippen LogP contribution in [0.3, 0.4) is 0 Å². The molecule has 2 aromatic heterocycles. The van der Waals surface area contributed by atoms with Crippen LogP contribution in [0.2, 0.25) is 5.02 Å². The molecule has 0 radical (unpaired) electrons. The first-order valence-corrected chi connectivity index (χ1v) is 6.24.